The van der Waals surface area contributed by atoms with Crippen molar-refractivity contribution in [1.29, 1.82) is 0 Å². The van der Waals surface area contributed by atoms with Gasteiger partial charge in [-0.3, -0.25) is 4.40 Å². The summed E-state index contributed by atoms with van der Waals surface area (Å²) in [6.07, 6.45) is 25.7. The van der Waals surface area contributed by atoms with E-state index >= 15 is 0 Å². The summed E-state index contributed by atoms with van der Waals surface area (Å²) in [5.74, 6) is 0.599. The van der Waals surface area contributed by atoms with Crippen LogP contribution < -0.4 is 0 Å². The van der Waals surface area contributed by atoms with Crippen LogP contribution in [0.3, 0.4) is 0 Å². The van der Waals surface area contributed by atoms with Crippen LogP contribution in [0.5, 0.6) is 0 Å². The van der Waals surface area contributed by atoms with E-state index in [-0.39, 0.29) is 10.8 Å². The molecule has 0 amide bonds. The molecule has 3 atom stereocenters. The fourth-order valence-corrected chi connectivity index (χ4v) is 7.96. The molecule has 2 bridgehead atoms. The number of fused-ring (bicyclic) bond motifs is 3. The highest BCUT2D eigenvalue weighted by molar-refractivity contribution is 5.95. The van der Waals surface area contributed by atoms with Gasteiger partial charge >= 0.3 is 0 Å². The van der Waals surface area contributed by atoms with E-state index in [1.54, 1.807) is 11.1 Å². The van der Waals surface area contributed by atoms with Gasteiger partial charge in [-0.05, 0) is 46.6 Å². The van der Waals surface area contributed by atoms with Crippen LogP contribution in [0.2, 0.25) is 0 Å². The Hall–Kier alpha value is -4.17. The number of hydrogen-bond acceptors (Lipinski definition) is 1. The Morgan fingerprint density at radius 1 is 0.889 bits per heavy atom. The van der Waals surface area contributed by atoms with E-state index < -0.39 is 0 Å². The zero-order valence-electron chi connectivity index (χ0n) is 19.9. The van der Waals surface area contributed by atoms with Crippen LogP contribution >= 0.6 is 0 Å². The summed E-state index contributed by atoms with van der Waals surface area (Å²) >= 11 is 0. The molecule has 0 N–H and O–H groups in total. The lowest BCUT2D eigenvalue weighted by Gasteiger charge is -2.69. The van der Waals surface area contributed by atoms with Gasteiger partial charge in [0, 0.05) is 33.9 Å². The van der Waals surface area contributed by atoms with Gasteiger partial charge in [0.1, 0.15) is 5.65 Å². The standard InChI is InChI=1S/C34H24N2/c1-2-6-28-22(4-1)16-19-36-30(20-35-32(28)36)24-9-7-23(8-10-24)27-13-12-26-15-18-33-17-3-5-25-11-14-29(27)34(26,21-33)31(25)33/h1-10,12-20,31H,11,21H2. The first-order valence-corrected chi connectivity index (χ1v) is 12.9. The second-order valence-corrected chi connectivity index (χ2v) is 11.0. The fourth-order valence-electron chi connectivity index (χ4n) is 7.96. The Labute approximate surface area is 210 Å². The van der Waals surface area contributed by atoms with Crippen molar-refractivity contribution in [3.05, 3.63) is 138 Å². The first-order chi connectivity index (χ1) is 17.8. The van der Waals surface area contributed by atoms with E-state index in [2.05, 4.69) is 114 Å². The van der Waals surface area contributed by atoms with Gasteiger partial charge in [-0.1, -0.05) is 103 Å². The summed E-state index contributed by atoms with van der Waals surface area (Å²) in [5.41, 5.74) is 11.1. The van der Waals surface area contributed by atoms with Crippen LogP contribution in [-0.2, 0) is 0 Å². The zero-order chi connectivity index (χ0) is 23.5. The molecule has 170 valence electrons. The van der Waals surface area contributed by atoms with Crippen molar-refractivity contribution in [3.8, 4) is 11.3 Å². The number of allylic oxidation sites excluding steroid dienone is 12. The third-order valence-corrected chi connectivity index (χ3v) is 9.43. The van der Waals surface area contributed by atoms with E-state index in [0.29, 0.717) is 5.92 Å². The van der Waals surface area contributed by atoms with Crippen LogP contribution in [0.1, 0.15) is 18.4 Å². The summed E-state index contributed by atoms with van der Waals surface area (Å²) in [5, 5.41) is 2.41. The van der Waals surface area contributed by atoms with E-state index in [9.17, 15) is 0 Å². The minimum atomic E-state index is 0.162. The first-order valence-electron chi connectivity index (χ1n) is 12.9. The van der Waals surface area contributed by atoms with E-state index in [4.69, 9.17) is 4.98 Å². The van der Waals surface area contributed by atoms with E-state index in [0.717, 1.165) is 17.8 Å². The molecule has 4 aromatic rings. The quantitative estimate of drug-likeness (QED) is 0.297. The summed E-state index contributed by atoms with van der Waals surface area (Å²) in [6.45, 7) is 0. The summed E-state index contributed by atoms with van der Waals surface area (Å²) in [7, 11) is 0. The van der Waals surface area contributed by atoms with Crippen LogP contribution in [0, 0.1) is 16.7 Å². The van der Waals surface area contributed by atoms with Gasteiger partial charge in [0.05, 0.1) is 11.9 Å². The van der Waals surface area contributed by atoms with Gasteiger partial charge in [-0.15, -0.1) is 0 Å². The maximum atomic E-state index is 4.78. The molecular formula is C34H24N2. The third kappa shape index (κ3) is 2.13. The highest BCUT2D eigenvalue weighted by atomic mass is 15.0. The van der Waals surface area contributed by atoms with Crippen LogP contribution in [-0.4, -0.2) is 9.38 Å². The highest BCUT2D eigenvalue weighted by Gasteiger charge is 2.68. The lowest BCUT2D eigenvalue weighted by atomic mass is 9.33. The average molecular weight is 461 g/mol. The molecule has 2 nitrogen and oxygen atoms in total. The maximum Gasteiger partial charge on any atom is 0.145 e. The Balaban J connectivity index is 1.14. The Morgan fingerprint density at radius 3 is 2.72 bits per heavy atom. The fraction of sp³-hybridized carbons (Fsp3) is 0.147. The molecule has 0 aliphatic heterocycles. The average Bonchev–Trinajstić information content (AvgIpc) is 3.36. The van der Waals surface area contributed by atoms with E-state index in [1.807, 2.05) is 6.20 Å². The zero-order valence-corrected chi connectivity index (χ0v) is 19.9. The molecule has 5 aliphatic rings. The predicted octanol–water partition coefficient (Wildman–Crippen LogP) is 7.87. The number of pyridine rings is 1. The number of hydrogen-bond donors (Lipinski definition) is 0. The summed E-state index contributed by atoms with van der Waals surface area (Å²) in [4.78, 5) is 4.78. The van der Waals surface area contributed by atoms with Crippen molar-refractivity contribution in [3.63, 3.8) is 0 Å². The van der Waals surface area contributed by atoms with Crippen molar-refractivity contribution in [1.82, 2.24) is 9.38 Å². The van der Waals surface area contributed by atoms with Gasteiger partial charge in [0.15, 0.2) is 0 Å². The number of benzene rings is 2. The molecule has 3 unspecified atom stereocenters. The van der Waals surface area contributed by atoms with Gasteiger partial charge in [-0.2, -0.15) is 0 Å². The summed E-state index contributed by atoms with van der Waals surface area (Å²) < 4.78 is 2.21. The third-order valence-electron chi connectivity index (χ3n) is 9.43. The molecule has 1 fully saturated rings. The van der Waals surface area contributed by atoms with Crippen LogP contribution in [0.4, 0.5) is 0 Å². The number of nitrogens with zero attached hydrogens (tertiary/aromatic N) is 2. The van der Waals surface area contributed by atoms with Crippen LogP contribution in [0.25, 0.3) is 33.3 Å². The van der Waals surface area contributed by atoms with Crippen molar-refractivity contribution < 1.29 is 0 Å². The van der Waals surface area contributed by atoms with Gasteiger partial charge in [-0.25, -0.2) is 4.98 Å². The second-order valence-electron chi connectivity index (χ2n) is 11.0. The molecule has 1 saturated carbocycles. The van der Waals surface area contributed by atoms with E-state index in [1.165, 1.54) is 39.5 Å². The van der Waals surface area contributed by atoms with Crippen molar-refractivity contribution in [2.45, 2.75) is 12.8 Å². The smallest absolute Gasteiger partial charge is 0.145 e. The molecule has 0 saturated heterocycles. The second kappa shape index (κ2) is 6.33. The molecule has 1 spiro atoms. The number of aromatic nitrogens is 2. The van der Waals surface area contributed by atoms with Gasteiger partial charge < -0.3 is 0 Å². The lowest BCUT2D eigenvalue weighted by Crippen LogP contribution is -2.61. The number of rotatable bonds is 2. The van der Waals surface area contributed by atoms with Crippen LogP contribution in [0.15, 0.2) is 132 Å². The maximum absolute atomic E-state index is 4.78. The van der Waals surface area contributed by atoms with Crippen molar-refractivity contribution in [2.24, 2.45) is 16.7 Å². The highest BCUT2D eigenvalue weighted by Crippen LogP contribution is 2.77. The largest absolute Gasteiger partial charge is 0.299 e. The molecule has 2 aromatic carbocycles. The molecular weight excluding hydrogens is 436 g/mol. The Bertz CT molecular complexity index is 1840. The Kier molecular flexibility index (Phi) is 3.35. The minimum absolute atomic E-state index is 0.162. The molecule has 2 heteroatoms. The monoisotopic (exact) mass is 460 g/mol. The molecule has 2 heterocycles. The molecule has 2 aromatic heterocycles. The molecule has 5 aliphatic carbocycles. The number of imidazole rings is 1. The lowest BCUT2D eigenvalue weighted by molar-refractivity contribution is 0.0101. The minimum Gasteiger partial charge on any atom is -0.299 e. The molecule has 0 radical (unpaired) electrons. The Morgan fingerprint density at radius 2 is 1.78 bits per heavy atom. The normalized spacial score (nSPS) is 28.7. The van der Waals surface area contributed by atoms with Gasteiger partial charge in [0.2, 0.25) is 0 Å². The summed E-state index contributed by atoms with van der Waals surface area (Å²) in [6, 6.07) is 19.8. The first kappa shape index (κ1) is 19.1. The van der Waals surface area contributed by atoms with Crippen molar-refractivity contribution in [2.75, 3.05) is 0 Å². The predicted molar refractivity (Wildman–Crippen MR) is 146 cm³/mol. The van der Waals surface area contributed by atoms with Crippen molar-refractivity contribution >= 4 is 22.0 Å². The van der Waals surface area contributed by atoms with Gasteiger partial charge in [0.25, 0.3) is 0 Å². The molecule has 36 heavy (non-hydrogen) atoms. The topological polar surface area (TPSA) is 17.3 Å². The SMILES string of the molecule is C1=CC23C=CC4=CC=C(c5ccc(-c6cnc7c8ccccc8ccn67)cc5)C5=CCC(=C1)C2C45C3. The molecule has 9 rings (SSSR count).